The summed E-state index contributed by atoms with van der Waals surface area (Å²) < 4.78 is 1.94. The number of nitro groups is 1. The van der Waals surface area contributed by atoms with Crippen LogP contribution in [0.3, 0.4) is 0 Å². The molecule has 7 heteroatoms. The Bertz CT molecular complexity index is 864. The Morgan fingerprint density at radius 2 is 1.88 bits per heavy atom. The van der Waals surface area contributed by atoms with Crippen molar-refractivity contribution in [3.63, 3.8) is 0 Å². The number of aromatic nitrogens is 3. The van der Waals surface area contributed by atoms with Crippen LogP contribution < -0.4 is 0 Å². The summed E-state index contributed by atoms with van der Waals surface area (Å²) in [5, 5.41) is 20.2. The molecule has 0 aliphatic rings. The van der Waals surface area contributed by atoms with E-state index < -0.39 is 0 Å². The lowest BCUT2D eigenvalue weighted by Gasteiger charge is -2.11. The maximum absolute atomic E-state index is 10.9. The molecule has 0 spiro atoms. The molecule has 0 fully saturated rings. The number of hydrogen-bond donors (Lipinski definition) is 0. The summed E-state index contributed by atoms with van der Waals surface area (Å²) in [5.74, 6) is 0.796. The van der Waals surface area contributed by atoms with E-state index in [1.807, 2.05) is 54.9 Å². The molecule has 6 nitrogen and oxygen atoms in total. The Kier molecular flexibility index (Phi) is 4.61. The SMILES string of the molecule is CC(Sc1nnc(-c2ccccc2)n1C)c1cccc([N+](=O)[O-])c1. The van der Waals surface area contributed by atoms with Crippen molar-refractivity contribution in [1.82, 2.24) is 14.8 Å². The zero-order valence-corrected chi connectivity index (χ0v) is 14.1. The first-order valence-electron chi connectivity index (χ1n) is 7.42. The van der Waals surface area contributed by atoms with Gasteiger partial charge in [0.1, 0.15) is 0 Å². The molecule has 1 atom stereocenters. The van der Waals surface area contributed by atoms with Crippen molar-refractivity contribution >= 4 is 17.4 Å². The summed E-state index contributed by atoms with van der Waals surface area (Å²) in [7, 11) is 1.92. The van der Waals surface area contributed by atoms with E-state index in [0.29, 0.717) is 0 Å². The quantitative estimate of drug-likeness (QED) is 0.394. The summed E-state index contributed by atoms with van der Waals surface area (Å²) in [4.78, 5) is 10.5. The first-order valence-corrected chi connectivity index (χ1v) is 8.30. The summed E-state index contributed by atoms with van der Waals surface area (Å²) >= 11 is 1.53. The van der Waals surface area contributed by atoms with Gasteiger partial charge in [0.05, 0.1) is 4.92 Å². The van der Waals surface area contributed by atoms with Crippen LogP contribution in [0.5, 0.6) is 0 Å². The second-order valence-electron chi connectivity index (χ2n) is 5.34. The third-order valence-electron chi connectivity index (χ3n) is 3.70. The van der Waals surface area contributed by atoms with Gasteiger partial charge in [-0.15, -0.1) is 10.2 Å². The van der Waals surface area contributed by atoms with Gasteiger partial charge in [-0.25, -0.2) is 0 Å². The van der Waals surface area contributed by atoms with Crippen LogP contribution in [0.1, 0.15) is 17.7 Å². The molecule has 122 valence electrons. The van der Waals surface area contributed by atoms with Gasteiger partial charge in [0, 0.05) is 30.0 Å². The Balaban J connectivity index is 1.83. The van der Waals surface area contributed by atoms with Crippen LogP contribution in [-0.4, -0.2) is 19.7 Å². The molecule has 0 bridgehead atoms. The lowest BCUT2D eigenvalue weighted by molar-refractivity contribution is -0.384. The molecule has 1 aromatic heterocycles. The Hall–Kier alpha value is -2.67. The molecule has 1 unspecified atom stereocenters. The van der Waals surface area contributed by atoms with Crippen molar-refractivity contribution in [3.8, 4) is 11.4 Å². The van der Waals surface area contributed by atoms with Gasteiger partial charge in [-0.05, 0) is 12.5 Å². The average Bonchev–Trinajstić information content (AvgIpc) is 2.96. The van der Waals surface area contributed by atoms with Gasteiger partial charge in [0.15, 0.2) is 11.0 Å². The van der Waals surface area contributed by atoms with Crippen LogP contribution in [0.25, 0.3) is 11.4 Å². The first-order chi connectivity index (χ1) is 11.6. The highest BCUT2D eigenvalue weighted by atomic mass is 32.2. The van der Waals surface area contributed by atoms with Gasteiger partial charge in [0.25, 0.3) is 5.69 Å². The standard InChI is InChI=1S/C17H16N4O2S/c1-12(14-9-6-10-15(11-14)21(22)23)24-17-19-18-16(20(17)2)13-7-4-3-5-8-13/h3-12H,1-2H3. The molecule has 0 aliphatic heterocycles. The van der Waals surface area contributed by atoms with Gasteiger partial charge in [-0.2, -0.15) is 0 Å². The zero-order valence-electron chi connectivity index (χ0n) is 13.3. The van der Waals surface area contributed by atoms with Crippen LogP contribution >= 0.6 is 11.8 Å². The van der Waals surface area contributed by atoms with Gasteiger partial charge >= 0.3 is 0 Å². The van der Waals surface area contributed by atoms with Crippen molar-refractivity contribution in [2.45, 2.75) is 17.3 Å². The Morgan fingerprint density at radius 3 is 2.58 bits per heavy atom. The predicted octanol–water partition coefficient (Wildman–Crippen LogP) is 4.24. The average molecular weight is 340 g/mol. The van der Waals surface area contributed by atoms with Crippen molar-refractivity contribution < 1.29 is 4.92 Å². The predicted molar refractivity (Wildman–Crippen MR) is 93.8 cm³/mol. The van der Waals surface area contributed by atoms with Crippen LogP contribution in [0.4, 0.5) is 5.69 Å². The van der Waals surface area contributed by atoms with E-state index in [0.717, 1.165) is 22.1 Å². The lowest BCUT2D eigenvalue weighted by atomic mass is 10.1. The number of benzene rings is 2. The van der Waals surface area contributed by atoms with Crippen LogP contribution in [-0.2, 0) is 7.05 Å². The molecule has 2 aromatic carbocycles. The monoisotopic (exact) mass is 340 g/mol. The van der Waals surface area contributed by atoms with Crippen LogP contribution in [0, 0.1) is 10.1 Å². The molecule has 24 heavy (non-hydrogen) atoms. The fourth-order valence-corrected chi connectivity index (χ4v) is 3.30. The topological polar surface area (TPSA) is 73.8 Å². The van der Waals surface area contributed by atoms with E-state index in [2.05, 4.69) is 10.2 Å². The minimum Gasteiger partial charge on any atom is -0.305 e. The van der Waals surface area contributed by atoms with E-state index in [9.17, 15) is 10.1 Å². The molecular weight excluding hydrogens is 324 g/mol. The smallest absolute Gasteiger partial charge is 0.269 e. The van der Waals surface area contributed by atoms with Gasteiger partial charge in [-0.1, -0.05) is 54.2 Å². The molecule has 3 rings (SSSR count). The summed E-state index contributed by atoms with van der Waals surface area (Å²) in [6.07, 6.45) is 0. The van der Waals surface area contributed by atoms with Gasteiger partial charge in [-0.3, -0.25) is 10.1 Å². The van der Waals surface area contributed by atoms with E-state index in [1.54, 1.807) is 12.1 Å². The van der Waals surface area contributed by atoms with Crippen molar-refractivity contribution in [2.24, 2.45) is 7.05 Å². The van der Waals surface area contributed by atoms with E-state index in [-0.39, 0.29) is 15.9 Å². The number of thioether (sulfide) groups is 1. The minimum absolute atomic E-state index is 0.0245. The lowest BCUT2D eigenvalue weighted by Crippen LogP contribution is -1.97. The van der Waals surface area contributed by atoms with Crippen LogP contribution in [0.2, 0.25) is 0 Å². The summed E-state index contributed by atoms with van der Waals surface area (Å²) in [6.45, 7) is 2.00. The molecular formula is C17H16N4O2S. The molecule has 0 radical (unpaired) electrons. The highest BCUT2D eigenvalue weighted by Gasteiger charge is 2.17. The van der Waals surface area contributed by atoms with Crippen molar-refractivity contribution in [1.29, 1.82) is 0 Å². The fraction of sp³-hybridized carbons (Fsp3) is 0.176. The van der Waals surface area contributed by atoms with E-state index in [4.69, 9.17) is 0 Å². The van der Waals surface area contributed by atoms with Crippen LogP contribution in [0.15, 0.2) is 59.8 Å². The number of hydrogen-bond acceptors (Lipinski definition) is 5. The van der Waals surface area contributed by atoms with Gasteiger partial charge < -0.3 is 4.57 Å². The molecule has 0 saturated carbocycles. The molecule has 1 heterocycles. The maximum atomic E-state index is 10.9. The Labute approximate surface area is 143 Å². The summed E-state index contributed by atoms with van der Waals surface area (Å²) in [6, 6.07) is 16.6. The normalized spacial score (nSPS) is 12.1. The Morgan fingerprint density at radius 1 is 1.12 bits per heavy atom. The second kappa shape index (κ2) is 6.84. The highest BCUT2D eigenvalue weighted by molar-refractivity contribution is 7.99. The highest BCUT2D eigenvalue weighted by Crippen LogP contribution is 2.35. The zero-order chi connectivity index (χ0) is 17.1. The number of nitro benzene ring substituents is 1. The molecule has 0 saturated heterocycles. The second-order valence-corrected chi connectivity index (χ2v) is 6.65. The largest absolute Gasteiger partial charge is 0.305 e. The third-order valence-corrected chi connectivity index (χ3v) is 4.89. The van der Waals surface area contributed by atoms with E-state index in [1.165, 1.54) is 17.8 Å². The first kappa shape index (κ1) is 16.2. The number of non-ortho nitro benzene ring substituents is 1. The van der Waals surface area contributed by atoms with Gasteiger partial charge in [0.2, 0.25) is 0 Å². The number of rotatable bonds is 5. The number of nitrogens with zero attached hydrogens (tertiary/aromatic N) is 4. The van der Waals surface area contributed by atoms with Crippen molar-refractivity contribution in [3.05, 3.63) is 70.3 Å². The molecule has 0 aliphatic carbocycles. The van der Waals surface area contributed by atoms with Crippen molar-refractivity contribution in [2.75, 3.05) is 0 Å². The maximum Gasteiger partial charge on any atom is 0.269 e. The molecule has 0 N–H and O–H groups in total. The minimum atomic E-state index is -0.378. The summed E-state index contributed by atoms with van der Waals surface area (Å²) in [5.41, 5.74) is 1.99. The third kappa shape index (κ3) is 3.30. The fourth-order valence-electron chi connectivity index (χ4n) is 2.37. The van der Waals surface area contributed by atoms with E-state index >= 15 is 0 Å². The molecule has 3 aromatic rings. The molecule has 0 amide bonds.